The molecule has 0 bridgehead atoms. The molecule has 0 aliphatic rings. The summed E-state index contributed by atoms with van der Waals surface area (Å²) in [6.07, 6.45) is 0. The summed E-state index contributed by atoms with van der Waals surface area (Å²) in [5.41, 5.74) is 7.67. The Hall–Kier alpha value is -1.39. The molecule has 0 amide bonds. The van der Waals surface area contributed by atoms with Crippen molar-refractivity contribution >= 4 is 29.1 Å². The smallest absolute Gasteiger partial charge is 0.238 e. The Labute approximate surface area is 134 Å². The fourth-order valence-electron chi connectivity index (χ4n) is 1.61. The van der Waals surface area contributed by atoms with E-state index in [1.54, 1.807) is 11.8 Å². The van der Waals surface area contributed by atoms with Gasteiger partial charge in [0.15, 0.2) is 0 Å². The summed E-state index contributed by atoms with van der Waals surface area (Å²) in [5, 5.41) is 1.65. The van der Waals surface area contributed by atoms with Crippen LogP contribution in [0, 0.1) is 5.92 Å². The zero-order valence-electron chi connectivity index (χ0n) is 12.2. The monoisotopic (exact) mass is 322 g/mol. The molecule has 3 nitrogen and oxygen atoms in total. The molecular formula is C16H19ClN2OS. The summed E-state index contributed by atoms with van der Waals surface area (Å²) in [5.74, 6) is 1.79. The van der Waals surface area contributed by atoms with Gasteiger partial charge in [0, 0.05) is 10.8 Å². The summed E-state index contributed by atoms with van der Waals surface area (Å²) in [6, 6.07) is 11.6. The van der Waals surface area contributed by atoms with Crippen LogP contribution >= 0.6 is 23.4 Å². The van der Waals surface area contributed by atoms with E-state index in [4.69, 9.17) is 22.1 Å². The summed E-state index contributed by atoms with van der Waals surface area (Å²) < 4.78 is 5.64. The maximum atomic E-state index is 5.89. The normalized spacial score (nSPS) is 10.9. The highest BCUT2D eigenvalue weighted by atomic mass is 35.5. The lowest BCUT2D eigenvalue weighted by Gasteiger charge is -2.11. The SMILES string of the molecule is CC(C)COc1nc(SCc2ccc(Cl)cc2)ccc1N. The van der Waals surface area contributed by atoms with Crippen molar-refractivity contribution < 1.29 is 4.74 Å². The second kappa shape index (κ2) is 7.57. The van der Waals surface area contributed by atoms with Crippen molar-refractivity contribution in [2.45, 2.75) is 24.6 Å². The van der Waals surface area contributed by atoms with Crippen LogP contribution in [-0.2, 0) is 5.75 Å². The molecule has 0 radical (unpaired) electrons. The minimum Gasteiger partial charge on any atom is -0.476 e. The van der Waals surface area contributed by atoms with Crippen LogP contribution in [0.5, 0.6) is 5.88 Å². The van der Waals surface area contributed by atoms with Crippen LogP contribution in [0.15, 0.2) is 41.4 Å². The van der Waals surface area contributed by atoms with Crippen LogP contribution < -0.4 is 10.5 Å². The van der Waals surface area contributed by atoms with E-state index in [0.29, 0.717) is 24.1 Å². The molecule has 0 fully saturated rings. The quantitative estimate of drug-likeness (QED) is 0.787. The van der Waals surface area contributed by atoms with Crippen molar-refractivity contribution in [1.82, 2.24) is 4.98 Å². The largest absolute Gasteiger partial charge is 0.476 e. The van der Waals surface area contributed by atoms with E-state index in [1.807, 2.05) is 36.4 Å². The highest BCUT2D eigenvalue weighted by molar-refractivity contribution is 7.98. The third-order valence-corrected chi connectivity index (χ3v) is 3.97. The van der Waals surface area contributed by atoms with Crippen molar-refractivity contribution in [2.75, 3.05) is 12.3 Å². The molecule has 1 aromatic carbocycles. The highest BCUT2D eigenvalue weighted by Crippen LogP contribution is 2.27. The number of aromatic nitrogens is 1. The number of hydrogen-bond donors (Lipinski definition) is 1. The maximum Gasteiger partial charge on any atom is 0.238 e. The zero-order chi connectivity index (χ0) is 15.2. The Morgan fingerprint density at radius 2 is 1.90 bits per heavy atom. The lowest BCUT2D eigenvalue weighted by atomic mass is 10.2. The number of rotatable bonds is 6. The van der Waals surface area contributed by atoms with Crippen molar-refractivity contribution in [2.24, 2.45) is 5.92 Å². The molecule has 112 valence electrons. The average Bonchev–Trinajstić information content (AvgIpc) is 2.46. The first kappa shape index (κ1) is 16.0. The van der Waals surface area contributed by atoms with E-state index in [2.05, 4.69) is 18.8 Å². The Morgan fingerprint density at radius 1 is 1.19 bits per heavy atom. The summed E-state index contributed by atoms with van der Waals surface area (Å²) in [4.78, 5) is 4.47. The number of nitrogens with zero attached hydrogens (tertiary/aromatic N) is 1. The molecule has 2 rings (SSSR count). The van der Waals surface area contributed by atoms with Crippen LogP contribution in [-0.4, -0.2) is 11.6 Å². The number of benzene rings is 1. The van der Waals surface area contributed by atoms with Gasteiger partial charge in [0.05, 0.1) is 12.3 Å². The number of thioether (sulfide) groups is 1. The first-order valence-electron chi connectivity index (χ1n) is 6.81. The van der Waals surface area contributed by atoms with Crippen molar-refractivity contribution in [3.05, 3.63) is 47.0 Å². The van der Waals surface area contributed by atoms with Crippen LogP contribution in [0.2, 0.25) is 5.02 Å². The Balaban J connectivity index is 1.99. The van der Waals surface area contributed by atoms with Gasteiger partial charge in [-0.3, -0.25) is 0 Å². The molecule has 0 saturated carbocycles. The van der Waals surface area contributed by atoms with E-state index in [1.165, 1.54) is 5.56 Å². The highest BCUT2D eigenvalue weighted by Gasteiger charge is 2.06. The molecule has 0 atom stereocenters. The molecule has 21 heavy (non-hydrogen) atoms. The van der Waals surface area contributed by atoms with Crippen LogP contribution in [0.1, 0.15) is 19.4 Å². The van der Waals surface area contributed by atoms with Crippen molar-refractivity contribution in [3.63, 3.8) is 0 Å². The van der Waals surface area contributed by atoms with Gasteiger partial charge in [0.25, 0.3) is 0 Å². The average molecular weight is 323 g/mol. The van der Waals surface area contributed by atoms with Gasteiger partial charge < -0.3 is 10.5 Å². The fraction of sp³-hybridized carbons (Fsp3) is 0.312. The van der Waals surface area contributed by atoms with Gasteiger partial charge in [0.1, 0.15) is 5.03 Å². The third kappa shape index (κ3) is 5.14. The van der Waals surface area contributed by atoms with Gasteiger partial charge in [0.2, 0.25) is 5.88 Å². The maximum absolute atomic E-state index is 5.89. The van der Waals surface area contributed by atoms with Crippen molar-refractivity contribution in [3.8, 4) is 5.88 Å². The van der Waals surface area contributed by atoms with Crippen LogP contribution in [0.3, 0.4) is 0 Å². The van der Waals surface area contributed by atoms with E-state index in [9.17, 15) is 0 Å². The first-order valence-corrected chi connectivity index (χ1v) is 8.17. The van der Waals surface area contributed by atoms with Gasteiger partial charge in [-0.25, -0.2) is 4.98 Å². The Morgan fingerprint density at radius 3 is 2.57 bits per heavy atom. The van der Waals surface area contributed by atoms with Gasteiger partial charge >= 0.3 is 0 Å². The number of hydrogen-bond acceptors (Lipinski definition) is 4. The molecule has 0 aliphatic heterocycles. The van der Waals surface area contributed by atoms with Gasteiger partial charge in [-0.05, 0) is 35.7 Å². The van der Waals surface area contributed by atoms with E-state index in [0.717, 1.165) is 15.8 Å². The lowest BCUT2D eigenvalue weighted by Crippen LogP contribution is -2.07. The predicted molar refractivity (Wildman–Crippen MR) is 90.0 cm³/mol. The van der Waals surface area contributed by atoms with Gasteiger partial charge in [-0.15, -0.1) is 11.8 Å². The lowest BCUT2D eigenvalue weighted by molar-refractivity contribution is 0.261. The molecular weight excluding hydrogens is 304 g/mol. The Kier molecular flexibility index (Phi) is 5.76. The first-order chi connectivity index (χ1) is 10.0. The second-order valence-electron chi connectivity index (χ2n) is 5.16. The minimum atomic E-state index is 0.441. The predicted octanol–water partition coefficient (Wildman–Crippen LogP) is 4.64. The number of nitrogen functional groups attached to an aromatic ring is 1. The Bertz CT molecular complexity index is 587. The number of anilines is 1. The molecule has 0 aliphatic carbocycles. The van der Waals surface area contributed by atoms with Crippen LogP contribution in [0.4, 0.5) is 5.69 Å². The number of halogens is 1. The number of ether oxygens (including phenoxy) is 1. The van der Waals surface area contributed by atoms with E-state index >= 15 is 0 Å². The topological polar surface area (TPSA) is 48.1 Å². The summed E-state index contributed by atoms with van der Waals surface area (Å²) in [6.45, 7) is 4.80. The molecule has 0 unspecified atom stereocenters. The molecule has 1 heterocycles. The standard InChI is InChI=1S/C16H19ClN2OS/c1-11(2)9-20-16-14(18)7-8-15(19-16)21-10-12-3-5-13(17)6-4-12/h3-8,11H,9-10,18H2,1-2H3. The fourth-order valence-corrected chi connectivity index (χ4v) is 2.56. The number of pyridine rings is 1. The third-order valence-electron chi connectivity index (χ3n) is 2.72. The second-order valence-corrected chi connectivity index (χ2v) is 6.60. The molecule has 2 aromatic rings. The molecule has 0 saturated heterocycles. The van der Waals surface area contributed by atoms with E-state index < -0.39 is 0 Å². The van der Waals surface area contributed by atoms with Crippen molar-refractivity contribution in [1.29, 1.82) is 0 Å². The van der Waals surface area contributed by atoms with Crippen LogP contribution in [0.25, 0.3) is 0 Å². The van der Waals surface area contributed by atoms with Gasteiger partial charge in [-0.1, -0.05) is 37.6 Å². The molecule has 1 aromatic heterocycles. The molecule has 0 spiro atoms. The number of nitrogens with two attached hydrogens (primary N) is 1. The summed E-state index contributed by atoms with van der Waals surface area (Å²) >= 11 is 7.52. The zero-order valence-corrected chi connectivity index (χ0v) is 13.7. The summed E-state index contributed by atoms with van der Waals surface area (Å²) in [7, 11) is 0. The van der Waals surface area contributed by atoms with Gasteiger partial charge in [-0.2, -0.15) is 0 Å². The molecule has 5 heteroatoms. The minimum absolute atomic E-state index is 0.441. The molecule has 2 N–H and O–H groups in total. The van der Waals surface area contributed by atoms with E-state index in [-0.39, 0.29) is 0 Å².